The molecule has 2 saturated heterocycles. The van der Waals surface area contributed by atoms with Gasteiger partial charge in [-0.1, -0.05) is 24.3 Å². The predicted molar refractivity (Wildman–Crippen MR) is 153 cm³/mol. The molecule has 2 atom stereocenters. The van der Waals surface area contributed by atoms with Gasteiger partial charge in [-0.25, -0.2) is 9.37 Å². The van der Waals surface area contributed by atoms with Crippen molar-refractivity contribution >= 4 is 17.3 Å². The third-order valence-corrected chi connectivity index (χ3v) is 8.72. The summed E-state index contributed by atoms with van der Waals surface area (Å²) in [6.45, 7) is 6.32. The van der Waals surface area contributed by atoms with Crippen LogP contribution < -0.4 is 9.47 Å². The number of aryl methyl sites for hydroxylation is 1. The molecule has 0 N–H and O–H groups in total. The molecule has 3 aliphatic heterocycles. The largest absolute Gasteiger partial charge is 0.485 e. The molecular formula is C33H34FN3O4. The number of ether oxygens (including phenoxy) is 3. The Morgan fingerprint density at radius 1 is 1.05 bits per heavy atom. The average Bonchev–Trinajstić information content (AvgIpc) is 3.30. The van der Waals surface area contributed by atoms with Crippen LogP contribution in [0, 0.1) is 12.7 Å². The maximum atomic E-state index is 14.7. The van der Waals surface area contributed by atoms with E-state index in [1.807, 2.05) is 43.3 Å². The van der Waals surface area contributed by atoms with E-state index in [1.54, 1.807) is 12.1 Å². The van der Waals surface area contributed by atoms with Crippen LogP contribution in [0.25, 0.3) is 11.0 Å². The first-order valence-electron chi connectivity index (χ1n) is 14.5. The van der Waals surface area contributed by atoms with Crippen LogP contribution in [0.5, 0.6) is 11.5 Å². The molecule has 3 aliphatic rings. The van der Waals surface area contributed by atoms with Gasteiger partial charge in [0.15, 0.2) is 17.6 Å². The van der Waals surface area contributed by atoms with Crippen LogP contribution in [-0.2, 0) is 17.8 Å². The Balaban J connectivity index is 1.07. The third-order valence-electron chi connectivity index (χ3n) is 8.72. The molecule has 0 saturated carbocycles. The lowest BCUT2D eigenvalue weighted by Crippen LogP contribution is -2.35. The minimum absolute atomic E-state index is 0.195. The van der Waals surface area contributed by atoms with Crippen LogP contribution in [0.3, 0.4) is 0 Å². The Kier molecular flexibility index (Phi) is 6.96. The smallest absolute Gasteiger partial charge is 0.165 e. The number of aromatic nitrogens is 2. The van der Waals surface area contributed by atoms with Crippen LogP contribution in [0.4, 0.5) is 4.39 Å². The van der Waals surface area contributed by atoms with Crippen molar-refractivity contribution in [2.75, 3.05) is 26.3 Å². The molecule has 2 fully saturated rings. The molecule has 41 heavy (non-hydrogen) atoms. The fourth-order valence-corrected chi connectivity index (χ4v) is 6.30. The first kappa shape index (κ1) is 26.2. The summed E-state index contributed by atoms with van der Waals surface area (Å²) in [5, 5.41) is 0. The Labute approximate surface area is 238 Å². The normalized spacial score (nSPS) is 21.1. The van der Waals surface area contributed by atoms with Crippen molar-refractivity contribution in [3.8, 4) is 11.5 Å². The van der Waals surface area contributed by atoms with E-state index in [4.69, 9.17) is 19.2 Å². The highest BCUT2D eigenvalue weighted by molar-refractivity contribution is 5.85. The van der Waals surface area contributed by atoms with Crippen LogP contribution in [0.1, 0.15) is 64.2 Å². The van der Waals surface area contributed by atoms with E-state index in [-0.39, 0.29) is 18.5 Å². The Morgan fingerprint density at radius 3 is 2.66 bits per heavy atom. The zero-order chi connectivity index (χ0) is 27.9. The highest BCUT2D eigenvalue weighted by Gasteiger charge is 2.31. The second-order valence-corrected chi connectivity index (χ2v) is 11.5. The first-order valence-corrected chi connectivity index (χ1v) is 14.5. The summed E-state index contributed by atoms with van der Waals surface area (Å²) < 4.78 is 35.2. The molecule has 0 amide bonds. The number of piperidine rings is 1. The summed E-state index contributed by atoms with van der Waals surface area (Å²) in [5.74, 6) is 2.55. The zero-order valence-corrected chi connectivity index (χ0v) is 23.2. The Hall–Kier alpha value is -3.75. The van der Waals surface area contributed by atoms with E-state index in [9.17, 15) is 9.18 Å². The van der Waals surface area contributed by atoms with Gasteiger partial charge in [-0.15, -0.1) is 0 Å². The molecule has 2 unspecified atom stereocenters. The van der Waals surface area contributed by atoms with Crippen molar-refractivity contribution in [2.24, 2.45) is 0 Å². The summed E-state index contributed by atoms with van der Waals surface area (Å²) in [4.78, 5) is 18.8. The fraction of sp³-hybridized carbons (Fsp3) is 0.394. The molecule has 0 radical (unpaired) electrons. The van der Waals surface area contributed by atoms with Crippen molar-refractivity contribution in [3.63, 3.8) is 0 Å². The van der Waals surface area contributed by atoms with Gasteiger partial charge < -0.3 is 18.8 Å². The summed E-state index contributed by atoms with van der Waals surface area (Å²) in [6.07, 6.45) is 3.60. The number of rotatable bonds is 7. The number of carbonyl (C=O) groups is 1. The van der Waals surface area contributed by atoms with Crippen LogP contribution in [0.15, 0.2) is 54.6 Å². The summed E-state index contributed by atoms with van der Waals surface area (Å²) >= 11 is 0. The number of likely N-dealkylation sites (tertiary alicyclic amines) is 1. The minimum atomic E-state index is -0.475. The topological polar surface area (TPSA) is 65.8 Å². The molecule has 4 heterocycles. The highest BCUT2D eigenvalue weighted by atomic mass is 19.1. The number of hydrogen-bond acceptors (Lipinski definition) is 6. The number of nitrogens with zero attached hydrogens (tertiary/aromatic N) is 3. The Morgan fingerprint density at radius 2 is 1.90 bits per heavy atom. The van der Waals surface area contributed by atoms with E-state index in [1.165, 1.54) is 0 Å². The lowest BCUT2D eigenvalue weighted by atomic mass is 9.88. The molecule has 8 heteroatoms. The minimum Gasteiger partial charge on any atom is -0.485 e. The number of fused-ring (bicyclic) bond motifs is 2. The molecule has 212 valence electrons. The van der Waals surface area contributed by atoms with E-state index >= 15 is 0 Å². The number of hydrogen-bond donors (Lipinski definition) is 0. The van der Waals surface area contributed by atoms with Gasteiger partial charge in [-0.05, 0) is 81.1 Å². The number of benzene rings is 3. The van der Waals surface area contributed by atoms with E-state index in [0.717, 1.165) is 97.8 Å². The number of halogens is 1. The maximum Gasteiger partial charge on any atom is 0.165 e. The lowest BCUT2D eigenvalue weighted by molar-refractivity contribution is -0.0592. The molecule has 7 nitrogen and oxygen atoms in total. The SMILES string of the molecule is Cc1ccc(C2COc3cccc(C4CCN(Cc5nc6ccc(C=O)cc6n5CC5CCO5)CC4)c3O2)c(F)c1. The predicted octanol–water partition coefficient (Wildman–Crippen LogP) is 5.98. The van der Waals surface area contributed by atoms with Gasteiger partial charge in [0.25, 0.3) is 0 Å². The second kappa shape index (κ2) is 10.9. The molecule has 7 rings (SSSR count). The van der Waals surface area contributed by atoms with Crippen LogP contribution in [0.2, 0.25) is 0 Å². The maximum absolute atomic E-state index is 14.7. The molecule has 0 aliphatic carbocycles. The molecule has 3 aromatic carbocycles. The Bertz CT molecular complexity index is 1590. The average molecular weight is 556 g/mol. The molecule has 1 aromatic heterocycles. The second-order valence-electron chi connectivity index (χ2n) is 11.5. The molecule has 0 spiro atoms. The number of imidazole rings is 1. The summed E-state index contributed by atoms with van der Waals surface area (Å²) in [5.41, 5.74) is 5.10. The summed E-state index contributed by atoms with van der Waals surface area (Å²) in [7, 11) is 0. The number of para-hydroxylation sites is 1. The lowest BCUT2D eigenvalue weighted by Gasteiger charge is -2.35. The first-order chi connectivity index (χ1) is 20.1. The van der Waals surface area contributed by atoms with Crippen molar-refractivity contribution in [1.29, 1.82) is 0 Å². The number of carbonyl (C=O) groups excluding carboxylic acids is 1. The van der Waals surface area contributed by atoms with Crippen LogP contribution >= 0.6 is 0 Å². The molecule has 0 bridgehead atoms. The molecular weight excluding hydrogens is 521 g/mol. The van der Waals surface area contributed by atoms with Gasteiger partial charge in [-0.3, -0.25) is 9.69 Å². The standard InChI is InChI=1S/C33H34FN3O4/c1-21-5-7-26(27(34)15-21)31-20-40-30-4-2-3-25(33(30)41-31)23-9-12-36(13-10-23)18-32-35-28-8-6-22(19-38)16-29(28)37(32)17-24-11-14-39-24/h2-8,15-16,19,23-24,31H,9-14,17-18,20H2,1H3. The molecule has 4 aromatic rings. The third kappa shape index (κ3) is 5.11. The van der Waals surface area contributed by atoms with Gasteiger partial charge in [0, 0.05) is 23.3 Å². The zero-order valence-electron chi connectivity index (χ0n) is 23.2. The van der Waals surface area contributed by atoms with Gasteiger partial charge in [0.2, 0.25) is 0 Å². The van der Waals surface area contributed by atoms with Gasteiger partial charge in [-0.2, -0.15) is 0 Å². The number of aldehydes is 1. The van der Waals surface area contributed by atoms with E-state index in [0.29, 0.717) is 17.0 Å². The summed E-state index contributed by atoms with van der Waals surface area (Å²) in [6, 6.07) is 17.0. The van der Waals surface area contributed by atoms with E-state index < -0.39 is 6.10 Å². The fourth-order valence-electron chi connectivity index (χ4n) is 6.30. The van der Waals surface area contributed by atoms with Gasteiger partial charge in [0.05, 0.1) is 30.2 Å². The van der Waals surface area contributed by atoms with Crippen molar-refractivity contribution < 1.29 is 23.4 Å². The van der Waals surface area contributed by atoms with Crippen molar-refractivity contribution in [1.82, 2.24) is 14.5 Å². The van der Waals surface area contributed by atoms with E-state index in [2.05, 4.69) is 15.5 Å². The quantitative estimate of drug-likeness (QED) is 0.262. The highest BCUT2D eigenvalue weighted by Crippen LogP contribution is 2.45. The van der Waals surface area contributed by atoms with Gasteiger partial charge >= 0.3 is 0 Å². The van der Waals surface area contributed by atoms with Crippen molar-refractivity contribution in [3.05, 3.63) is 88.5 Å². The van der Waals surface area contributed by atoms with Crippen LogP contribution in [-0.4, -0.2) is 53.1 Å². The monoisotopic (exact) mass is 555 g/mol. The van der Waals surface area contributed by atoms with Gasteiger partial charge in [0.1, 0.15) is 24.5 Å². The van der Waals surface area contributed by atoms with Crippen molar-refractivity contribution in [2.45, 2.75) is 57.4 Å².